The largest absolute Gasteiger partial charge is 0.490 e. The number of sulfonamides is 1. The number of nitrogens with one attached hydrogen (secondary N) is 1. The Labute approximate surface area is 135 Å². The Balaban J connectivity index is 2.46. The number of nitro groups is 1. The fourth-order valence-electron chi connectivity index (χ4n) is 1.76. The summed E-state index contributed by atoms with van der Waals surface area (Å²) in [4.78, 5) is 9.76. The molecular weight excluding hydrogens is 351 g/mol. The van der Waals surface area contributed by atoms with E-state index in [0.717, 1.165) is 30.3 Å². The second kappa shape index (κ2) is 6.39. The molecule has 0 aliphatic rings. The molecule has 23 heavy (non-hydrogen) atoms. The third kappa shape index (κ3) is 3.69. The van der Waals surface area contributed by atoms with Crippen molar-refractivity contribution in [1.82, 2.24) is 0 Å². The normalized spacial score (nSPS) is 11.1. The number of halogens is 2. The summed E-state index contributed by atoms with van der Waals surface area (Å²) in [7, 11) is -3.02. The van der Waals surface area contributed by atoms with Crippen LogP contribution in [0.4, 0.5) is 15.8 Å². The lowest BCUT2D eigenvalue weighted by atomic mass is 10.3. The maximum Gasteiger partial charge on any atom is 0.312 e. The quantitative estimate of drug-likeness (QED) is 0.652. The van der Waals surface area contributed by atoms with E-state index in [1.807, 2.05) is 4.72 Å². The van der Waals surface area contributed by atoms with Crippen molar-refractivity contribution in [2.45, 2.75) is 4.90 Å². The van der Waals surface area contributed by atoms with Crippen LogP contribution >= 0.6 is 11.6 Å². The van der Waals surface area contributed by atoms with Crippen molar-refractivity contribution in [3.05, 3.63) is 57.4 Å². The van der Waals surface area contributed by atoms with Gasteiger partial charge in [-0.2, -0.15) is 0 Å². The molecule has 0 saturated carbocycles. The maximum absolute atomic E-state index is 13.6. The van der Waals surface area contributed by atoms with Crippen molar-refractivity contribution < 1.29 is 22.5 Å². The lowest BCUT2D eigenvalue weighted by Crippen LogP contribution is -2.14. The van der Waals surface area contributed by atoms with Crippen molar-refractivity contribution in [3.8, 4) is 5.75 Å². The van der Waals surface area contributed by atoms with Crippen LogP contribution in [-0.4, -0.2) is 20.5 Å². The first kappa shape index (κ1) is 17.0. The van der Waals surface area contributed by atoms with Crippen LogP contribution in [0.5, 0.6) is 5.75 Å². The molecule has 0 saturated heterocycles. The Morgan fingerprint density at radius 2 is 1.96 bits per heavy atom. The highest BCUT2D eigenvalue weighted by Crippen LogP contribution is 2.30. The van der Waals surface area contributed by atoms with Crippen LogP contribution in [-0.2, 0) is 10.0 Å². The molecule has 1 N–H and O–H groups in total. The predicted octanol–water partition coefficient (Wildman–Crippen LogP) is 3.20. The second-order valence-electron chi connectivity index (χ2n) is 4.32. The lowest BCUT2D eigenvalue weighted by Gasteiger charge is -2.10. The Morgan fingerprint density at radius 1 is 1.26 bits per heavy atom. The Bertz CT molecular complexity index is 873. The van der Waals surface area contributed by atoms with Gasteiger partial charge < -0.3 is 4.74 Å². The summed E-state index contributed by atoms with van der Waals surface area (Å²) in [6.07, 6.45) is 0. The number of hydrogen-bond donors (Lipinski definition) is 1. The molecule has 0 unspecified atom stereocenters. The SMILES string of the molecule is COc1ccc(S(=O)(=O)Nc2cc(Cl)ccc2F)cc1[N+](=O)[O-]. The molecule has 0 aliphatic heterocycles. The first-order valence-corrected chi connectivity index (χ1v) is 7.91. The van der Waals surface area contributed by atoms with Crippen LogP contribution in [0.3, 0.4) is 0 Å². The summed E-state index contributed by atoms with van der Waals surface area (Å²) in [5.41, 5.74) is -0.891. The maximum atomic E-state index is 13.6. The molecule has 0 aromatic heterocycles. The minimum absolute atomic E-state index is 0.0945. The van der Waals surface area contributed by atoms with E-state index in [-0.39, 0.29) is 16.5 Å². The zero-order valence-corrected chi connectivity index (χ0v) is 13.2. The molecule has 7 nitrogen and oxygen atoms in total. The van der Waals surface area contributed by atoms with E-state index < -0.39 is 31.3 Å². The van der Waals surface area contributed by atoms with Crippen LogP contribution in [0.15, 0.2) is 41.3 Å². The van der Waals surface area contributed by atoms with Gasteiger partial charge in [-0.15, -0.1) is 0 Å². The highest BCUT2D eigenvalue weighted by atomic mass is 35.5. The molecule has 0 atom stereocenters. The number of benzene rings is 2. The van der Waals surface area contributed by atoms with Gasteiger partial charge in [0, 0.05) is 11.1 Å². The first-order valence-electron chi connectivity index (χ1n) is 6.05. The Hall–Kier alpha value is -2.39. The average molecular weight is 361 g/mol. The molecule has 0 bridgehead atoms. The molecule has 122 valence electrons. The highest BCUT2D eigenvalue weighted by Gasteiger charge is 2.23. The fraction of sp³-hybridized carbons (Fsp3) is 0.0769. The van der Waals surface area contributed by atoms with E-state index in [0.29, 0.717) is 0 Å². The molecule has 10 heteroatoms. The van der Waals surface area contributed by atoms with Gasteiger partial charge in [-0.3, -0.25) is 14.8 Å². The molecule has 0 amide bonds. The summed E-state index contributed by atoms with van der Waals surface area (Å²) < 4.78 is 44.9. The van der Waals surface area contributed by atoms with Gasteiger partial charge in [0.05, 0.1) is 22.6 Å². The highest BCUT2D eigenvalue weighted by molar-refractivity contribution is 7.92. The molecule has 2 aromatic carbocycles. The van der Waals surface area contributed by atoms with E-state index in [4.69, 9.17) is 16.3 Å². The number of anilines is 1. The summed E-state index contributed by atoms with van der Waals surface area (Å²) in [6.45, 7) is 0. The zero-order valence-electron chi connectivity index (χ0n) is 11.6. The standard InChI is InChI=1S/C13H10ClFN2O5S/c1-22-13-5-3-9(7-12(13)17(18)19)23(20,21)16-11-6-8(14)2-4-10(11)15/h2-7,16H,1H3. The van der Waals surface area contributed by atoms with Crippen LogP contribution in [0.1, 0.15) is 0 Å². The zero-order chi connectivity index (χ0) is 17.2. The first-order chi connectivity index (χ1) is 10.7. The summed E-state index contributed by atoms with van der Waals surface area (Å²) in [5.74, 6) is -0.927. The van der Waals surface area contributed by atoms with Gasteiger partial charge in [0.15, 0.2) is 5.75 Å². The van der Waals surface area contributed by atoms with E-state index in [9.17, 15) is 22.9 Å². The molecule has 0 spiro atoms. The van der Waals surface area contributed by atoms with E-state index in [2.05, 4.69) is 0 Å². The monoisotopic (exact) mass is 360 g/mol. The number of methoxy groups -OCH3 is 1. The topological polar surface area (TPSA) is 98.5 Å². The number of nitro benzene ring substituents is 1. The van der Waals surface area contributed by atoms with Gasteiger partial charge in [0.2, 0.25) is 0 Å². The second-order valence-corrected chi connectivity index (χ2v) is 6.44. The summed E-state index contributed by atoms with van der Waals surface area (Å²) >= 11 is 5.69. The molecule has 0 fully saturated rings. The lowest BCUT2D eigenvalue weighted by molar-refractivity contribution is -0.386. The molecular formula is C13H10ClFN2O5S. The molecule has 0 aliphatic carbocycles. The molecule has 2 aromatic rings. The van der Waals surface area contributed by atoms with Crippen LogP contribution in [0.25, 0.3) is 0 Å². The minimum atomic E-state index is -4.24. The number of rotatable bonds is 5. The molecule has 0 radical (unpaired) electrons. The minimum Gasteiger partial charge on any atom is -0.490 e. The average Bonchev–Trinajstić information content (AvgIpc) is 2.50. The summed E-state index contributed by atoms with van der Waals surface area (Å²) in [6, 6.07) is 6.41. The number of ether oxygens (including phenoxy) is 1. The van der Waals surface area contributed by atoms with Crippen LogP contribution < -0.4 is 9.46 Å². The smallest absolute Gasteiger partial charge is 0.312 e. The number of nitrogens with zero attached hydrogens (tertiary/aromatic N) is 1. The van der Waals surface area contributed by atoms with E-state index >= 15 is 0 Å². The van der Waals surface area contributed by atoms with Gasteiger partial charge in [0.1, 0.15) is 5.82 Å². The van der Waals surface area contributed by atoms with Gasteiger partial charge >= 0.3 is 5.69 Å². The van der Waals surface area contributed by atoms with Gasteiger partial charge in [-0.25, -0.2) is 12.8 Å². The fourth-order valence-corrected chi connectivity index (χ4v) is 3.01. The third-order valence-electron chi connectivity index (χ3n) is 2.83. The van der Waals surface area contributed by atoms with Crippen LogP contribution in [0.2, 0.25) is 5.02 Å². The van der Waals surface area contributed by atoms with Crippen molar-refractivity contribution in [3.63, 3.8) is 0 Å². The molecule has 0 heterocycles. The van der Waals surface area contributed by atoms with Crippen LogP contribution in [0, 0.1) is 15.9 Å². The van der Waals surface area contributed by atoms with E-state index in [1.54, 1.807) is 0 Å². The van der Waals surface area contributed by atoms with Gasteiger partial charge in [-0.1, -0.05) is 11.6 Å². The number of hydrogen-bond acceptors (Lipinski definition) is 5. The van der Waals surface area contributed by atoms with Crippen molar-refractivity contribution in [2.24, 2.45) is 0 Å². The predicted molar refractivity (Wildman–Crippen MR) is 81.9 cm³/mol. The summed E-state index contributed by atoms with van der Waals surface area (Å²) in [5, 5.41) is 11.1. The van der Waals surface area contributed by atoms with Crippen molar-refractivity contribution in [2.75, 3.05) is 11.8 Å². The molecule has 2 rings (SSSR count). The third-order valence-corrected chi connectivity index (χ3v) is 4.43. The Morgan fingerprint density at radius 3 is 2.57 bits per heavy atom. The van der Waals surface area contributed by atoms with Gasteiger partial charge in [0.25, 0.3) is 10.0 Å². The van der Waals surface area contributed by atoms with E-state index in [1.165, 1.54) is 13.2 Å². The van der Waals surface area contributed by atoms with Crippen molar-refractivity contribution in [1.29, 1.82) is 0 Å². The van der Waals surface area contributed by atoms with Gasteiger partial charge in [-0.05, 0) is 30.3 Å². The van der Waals surface area contributed by atoms with Crippen molar-refractivity contribution >= 4 is 33.0 Å². The Kier molecular flexibility index (Phi) is 4.71.